The van der Waals surface area contributed by atoms with Gasteiger partial charge in [0.2, 0.25) is 0 Å². The fraction of sp³-hybridized carbons (Fsp3) is 0.375. The third-order valence-corrected chi connectivity index (χ3v) is 5.14. The van der Waals surface area contributed by atoms with Gasteiger partial charge in [-0.15, -0.1) is 0 Å². The number of rotatable bonds is 2. The van der Waals surface area contributed by atoms with Crippen LogP contribution in [0.1, 0.15) is 30.9 Å². The lowest BCUT2D eigenvalue weighted by atomic mass is 9.84. The minimum atomic E-state index is -0.465. The van der Waals surface area contributed by atoms with E-state index in [2.05, 4.69) is 21.2 Å². The van der Waals surface area contributed by atoms with Gasteiger partial charge in [-0.05, 0) is 37.2 Å². The maximum absolute atomic E-state index is 12.5. The van der Waals surface area contributed by atoms with Crippen molar-refractivity contribution in [2.75, 3.05) is 14.2 Å². The first kappa shape index (κ1) is 16.3. The second-order valence-corrected chi connectivity index (χ2v) is 6.93. The summed E-state index contributed by atoms with van der Waals surface area (Å²) in [7, 11) is 3.36. The van der Waals surface area contributed by atoms with Gasteiger partial charge >= 0.3 is 0 Å². The van der Waals surface area contributed by atoms with E-state index in [0.717, 1.165) is 23.0 Å². The Morgan fingerprint density at radius 1 is 1.43 bits per heavy atom. The number of hydrogen-bond acceptors (Lipinski definition) is 4. The molecule has 1 aromatic rings. The van der Waals surface area contributed by atoms with Crippen LogP contribution in [0.5, 0.6) is 11.5 Å². The first-order valence-corrected chi connectivity index (χ1v) is 8.51. The maximum atomic E-state index is 12.5. The highest BCUT2D eigenvalue weighted by molar-refractivity contribution is 9.10. The minimum Gasteiger partial charge on any atom is -0.504 e. The normalized spacial score (nSPS) is 21.2. The minimum absolute atomic E-state index is 0.0192. The van der Waals surface area contributed by atoms with Crippen LogP contribution in [0.3, 0.4) is 0 Å². The molecule has 0 aromatic heterocycles. The van der Waals surface area contributed by atoms with Crippen molar-refractivity contribution in [3.8, 4) is 11.5 Å². The Hall–Kier alpha value is -1.60. The lowest BCUT2D eigenvalue weighted by molar-refractivity contribution is -0.116. The Bertz CT molecular complexity index is 732. The van der Waals surface area contributed by atoms with Crippen molar-refractivity contribution in [3.05, 3.63) is 33.4 Å². The standard InChI is InChI=1S/C16H17BrN2O3S/c1-19-10-4-3-5-11(20)13(10)14(18-16(19)23)9-6-8(17)7-12(22-2)15(9)21/h6-7,14,21H,3-5H2,1-2H3,(H,18,23). The van der Waals surface area contributed by atoms with Crippen LogP contribution in [0.15, 0.2) is 27.9 Å². The molecule has 0 bridgehead atoms. The van der Waals surface area contributed by atoms with Gasteiger partial charge in [-0.2, -0.15) is 0 Å². The molecule has 0 radical (unpaired) electrons. The number of phenols is 1. The van der Waals surface area contributed by atoms with Gasteiger partial charge in [0.05, 0.1) is 13.2 Å². The lowest BCUT2D eigenvalue weighted by Crippen LogP contribution is -2.47. The predicted octanol–water partition coefficient (Wildman–Crippen LogP) is 3.03. The first-order valence-electron chi connectivity index (χ1n) is 7.31. The monoisotopic (exact) mass is 396 g/mol. The quantitative estimate of drug-likeness (QED) is 0.749. The van der Waals surface area contributed by atoms with Crippen LogP contribution in [0.25, 0.3) is 0 Å². The van der Waals surface area contributed by atoms with Crippen LogP contribution in [0.4, 0.5) is 0 Å². The molecular formula is C16H17BrN2O3S. The van der Waals surface area contributed by atoms with E-state index in [-0.39, 0.29) is 11.5 Å². The summed E-state index contributed by atoms with van der Waals surface area (Å²) in [5.74, 6) is 0.466. The number of thiocarbonyl (C=S) groups is 1. The molecule has 1 heterocycles. The number of ether oxygens (including phenoxy) is 1. The Balaban J connectivity index is 2.19. The number of halogens is 1. The summed E-state index contributed by atoms with van der Waals surface area (Å²) in [5.41, 5.74) is 2.20. The third-order valence-electron chi connectivity index (χ3n) is 4.29. The Kier molecular flexibility index (Phi) is 4.33. The highest BCUT2D eigenvalue weighted by Gasteiger charge is 2.37. The molecule has 122 valence electrons. The topological polar surface area (TPSA) is 61.8 Å². The van der Waals surface area contributed by atoms with Crippen molar-refractivity contribution in [3.63, 3.8) is 0 Å². The molecule has 0 saturated carbocycles. The summed E-state index contributed by atoms with van der Waals surface area (Å²) in [5, 5.41) is 14.2. The summed E-state index contributed by atoms with van der Waals surface area (Å²) in [6, 6.07) is 3.01. The van der Waals surface area contributed by atoms with Crippen molar-refractivity contribution in [1.82, 2.24) is 10.2 Å². The molecular weight excluding hydrogens is 380 g/mol. The Labute approximate surface area is 148 Å². The number of nitrogens with zero attached hydrogens (tertiary/aromatic N) is 1. The highest BCUT2D eigenvalue weighted by atomic mass is 79.9. The zero-order chi connectivity index (χ0) is 16.7. The van der Waals surface area contributed by atoms with E-state index >= 15 is 0 Å². The highest BCUT2D eigenvalue weighted by Crippen LogP contribution is 2.43. The van der Waals surface area contributed by atoms with Crippen molar-refractivity contribution in [1.29, 1.82) is 0 Å². The molecule has 2 N–H and O–H groups in total. The van der Waals surface area contributed by atoms with Crippen LogP contribution >= 0.6 is 28.1 Å². The number of allylic oxidation sites excluding steroid dienone is 1. The predicted molar refractivity (Wildman–Crippen MR) is 94.5 cm³/mol. The summed E-state index contributed by atoms with van der Waals surface area (Å²) in [6.07, 6.45) is 2.15. The number of aromatic hydroxyl groups is 1. The molecule has 1 atom stereocenters. The molecule has 3 rings (SSSR count). The SMILES string of the molecule is COc1cc(Br)cc(C2NC(=S)N(C)C3=C2C(=O)CCC3)c1O. The second kappa shape index (κ2) is 6.13. The molecule has 2 aliphatic rings. The van der Waals surface area contributed by atoms with E-state index < -0.39 is 6.04 Å². The van der Waals surface area contributed by atoms with E-state index in [9.17, 15) is 9.90 Å². The number of benzene rings is 1. The van der Waals surface area contributed by atoms with Crippen LogP contribution in [-0.4, -0.2) is 35.1 Å². The molecule has 1 aliphatic carbocycles. The fourth-order valence-corrected chi connectivity index (χ4v) is 3.82. The van der Waals surface area contributed by atoms with Gasteiger partial charge in [0.15, 0.2) is 22.4 Å². The van der Waals surface area contributed by atoms with E-state index in [1.165, 1.54) is 7.11 Å². The van der Waals surface area contributed by atoms with Gasteiger partial charge in [-0.25, -0.2) is 0 Å². The number of methoxy groups -OCH3 is 1. The summed E-state index contributed by atoms with van der Waals surface area (Å²) in [6.45, 7) is 0. The second-order valence-electron chi connectivity index (χ2n) is 5.62. The summed E-state index contributed by atoms with van der Waals surface area (Å²) < 4.78 is 5.98. The van der Waals surface area contributed by atoms with Gasteiger partial charge in [-0.1, -0.05) is 15.9 Å². The summed E-state index contributed by atoms with van der Waals surface area (Å²) in [4.78, 5) is 14.4. The number of nitrogens with one attached hydrogen (secondary N) is 1. The van der Waals surface area contributed by atoms with Gasteiger partial charge in [0, 0.05) is 34.8 Å². The average molecular weight is 397 g/mol. The van der Waals surface area contributed by atoms with Crippen molar-refractivity contribution < 1.29 is 14.6 Å². The molecule has 1 aromatic carbocycles. The number of carbonyl (C=O) groups excluding carboxylic acids is 1. The number of phenolic OH excluding ortho intramolecular Hbond substituents is 1. The van der Waals surface area contributed by atoms with Crippen LogP contribution in [-0.2, 0) is 4.79 Å². The molecule has 23 heavy (non-hydrogen) atoms. The van der Waals surface area contributed by atoms with Gasteiger partial charge in [-0.3, -0.25) is 4.79 Å². The molecule has 0 saturated heterocycles. The third kappa shape index (κ3) is 2.72. The van der Waals surface area contributed by atoms with E-state index in [1.54, 1.807) is 12.1 Å². The van der Waals surface area contributed by atoms with Gasteiger partial charge in [0.25, 0.3) is 0 Å². The van der Waals surface area contributed by atoms with E-state index in [1.807, 2.05) is 11.9 Å². The molecule has 7 heteroatoms. The number of hydrogen-bond donors (Lipinski definition) is 2. The Morgan fingerprint density at radius 3 is 2.87 bits per heavy atom. The summed E-state index contributed by atoms with van der Waals surface area (Å²) >= 11 is 8.82. The van der Waals surface area contributed by atoms with Crippen molar-refractivity contribution >= 4 is 39.0 Å². The van der Waals surface area contributed by atoms with E-state index in [0.29, 0.717) is 28.4 Å². The molecule has 0 spiro atoms. The number of carbonyl (C=O) groups is 1. The largest absolute Gasteiger partial charge is 0.504 e. The first-order chi connectivity index (χ1) is 10.9. The zero-order valence-electron chi connectivity index (χ0n) is 12.9. The fourth-order valence-electron chi connectivity index (χ4n) is 3.14. The molecule has 5 nitrogen and oxygen atoms in total. The van der Waals surface area contributed by atoms with Crippen molar-refractivity contribution in [2.24, 2.45) is 0 Å². The van der Waals surface area contributed by atoms with Gasteiger partial charge < -0.3 is 20.1 Å². The van der Waals surface area contributed by atoms with Gasteiger partial charge in [0.1, 0.15) is 0 Å². The molecule has 1 unspecified atom stereocenters. The smallest absolute Gasteiger partial charge is 0.173 e. The van der Waals surface area contributed by atoms with Crippen LogP contribution in [0.2, 0.25) is 0 Å². The maximum Gasteiger partial charge on any atom is 0.173 e. The Morgan fingerprint density at radius 2 is 2.17 bits per heavy atom. The van der Waals surface area contributed by atoms with Crippen LogP contribution in [0, 0.1) is 0 Å². The van der Waals surface area contributed by atoms with E-state index in [4.69, 9.17) is 17.0 Å². The molecule has 1 aliphatic heterocycles. The number of ketones is 1. The molecule has 0 fully saturated rings. The average Bonchev–Trinajstić information content (AvgIpc) is 2.53. The van der Waals surface area contributed by atoms with Crippen molar-refractivity contribution in [2.45, 2.75) is 25.3 Å². The zero-order valence-corrected chi connectivity index (χ0v) is 15.3. The lowest BCUT2D eigenvalue weighted by Gasteiger charge is -2.39. The number of Topliss-reactive ketones (excluding diaryl/α,β-unsaturated/α-hetero) is 1. The molecule has 0 amide bonds. The van der Waals surface area contributed by atoms with Crippen LogP contribution < -0.4 is 10.1 Å².